The summed E-state index contributed by atoms with van der Waals surface area (Å²) in [6.07, 6.45) is 0.954. The van der Waals surface area contributed by atoms with Crippen LogP contribution in [0.3, 0.4) is 0 Å². The van der Waals surface area contributed by atoms with Crippen LogP contribution < -0.4 is 0 Å². The molecule has 1 saturated carbocycles. The van der Waals surface area contributed by atoms with Crippen LogP contribution in [0.15, 0.2) is 18.3 Å². The molecule has 0 unspecified atom stereocenters. The number of alkyl halides is 2. The third kappa shape index (κ3) is 1.62. The van der Waals surface area contributed by atoms with Crippen molar-refractivity contribution in [1.82, 2.24) is 14.8 Å². The van der Waals surface area contributed by atoms with Gasteiger partial charge >= 0.3 is 5.97 Å². The molecule has 2 heterocycles. The Kier molecular flexibility index (Phi) is 2.13. The molecule has 0 atom stereocenters. The minimum atomic E-state index is -2.65. The van der Waals surface area contributed by atoms with E-state index in [1.165, 1.54) is 16.9 Å². The zero-order chi connectivity index (χ0) is 12.9. The van der Waals surface area contributed by atoms with E-state index in [4.69, 9.17) is 5.11 Å². The maximum Gasteiger partial charge on any atom is 0.354 e. The largest absolute Gasteiger partial charge is 0.477 e. The normalized spacial score (nSPS) is 18.8. The molecule has 0 spiro atoms. The van der Waals surface area contributed by atoms with Gasteiger partial charge in [0.1, 0.15) is 0 Å². The van der Waals surface area contributed by atoms with Crippen LogP contribution in [-0.2, 0) is 0 Å². The van der Waals surface area contributed by atoms with E-state index in [9.17, 15) is 13.6 Å². The van der Waals surface area contributed by atoms with E-state index in [1.807, 2.05) is 0 Å². The average molecular weight is 253 g/mol. The molecule has 5 nitrogen and oxygen atoms in total. The van der Waals surface area contributed by atoms with Crippen molar-refractivity contribution >= 4 is 17.0 Å². The number of halogens is 2. The zero-order valence-electron chi connectivity index (χ0n) is 9.18. The molecule has 0 radical (unpaired) electrons. The molecule has 0 aliphatic heterocycles. The molecule has 1 aliphatic carbocycles. The number of nitrogens with zero attached hydrogens (tertiary/aromatic N) is 3. The van der Waals surface area contributed by atoms with Crippen LogP contribution in [0, 0.1) is 0 Å². The standard InChI is InChI=1S/C11H9F2N3O2/c12-11(13)3-7(4-11)16-9-6(5-14-16)1-2-8(15-9)10(17)18/h1-2,5,7H,3-4H2,(H,17,18). The molecule has 2 aromatic rings. The number of rotatable bonds is 2. The second kappa shape index (κ2) is 3.47. The first-order valence-corrected chi connectivity index (χ1v) is 5.42. The molecule has 1 N–H and O–H groups in total. The fourth-order valence-electron chi connectivity index (χ4n) is 2.11. The number of aromatic carboxylic acids is 1. The lowest BCUT2D eigenvalue weighted by Gasteiger charge is -2.34. The lowest BCUT2D eigenvalue weighted by Crippen LogP contribution is -2.37. The molecule has 1 fully saturated rings. The number of pyridine rings is 1. The highest BCUT2D eigenvalue weighted by molar-refractivity contribution is 5.88. The van der Waals surface area contributed by atoms with Crippen molar-refractivity contribution in [3.8, 4) is 0 Å². The molecule has 18 heavy (non-hydrogen) atoms. The Hall–Kier alpha value is -2.05. The van der Waals surface area contributed by atoms with Gasteiger partial charge in [-0.15, -0.1) is 0 Å². The van der Waals surface area contributed by atoms with Crippen LogP contribution in [0.25, 0.3) is 11.0 Å². The second-order valence-electron chi connectivity index (χ2n) is 4.42. The van der Waals surface area contributed by atoms with Crippen LogP contribution >= 0.6 is 0 Å². The monoisotopic (exact) mass is 253 g/mol. The van der Waals surface area contributed by atoms with Crippen molar-refractivity contribution in [3.05, 3.63) is 24.0 Å². The highest BCUT2D eigenvalue weighted by atomic mass is 19.3. The Morgan fingerprint density at radius 2 is 2.17 bits per heavy atom. The smallest absolute Gasteiger partial charge is 0.354 e. The molecular formula is C11H9F2N3O2. The number of aromatic nitrogens is 3. The van der Waals surface area contributed by atoms with E-state index in [0.29, 0.717) is 11.0 Å². The van der Waals surface area contributed by atoms with E-state index >= 15 is 0 Å². The van der Waals surface area contributed by atoms with Gasteiger partial charge in [-0.2, -0.15) is 5.10 Å². The quantitative estimate of drug-likeness (QED) is 0.889. The fourth-order valence-corrected chi connectivity index (χ4v) is 2.11. The van der Waals surface area contributed by atoms with Gasteiger partial charge in [-0.1, -0.05) is 0 Å². The summed E-state index contributed by atoms with van der Waals surface area (Å²) < 4.78 is 27.1. The Bertz CT molecular complexity index is 630. The number of hydrogen-bond donors (Lipinski definition) is 1. The number of carboxylic acid groups (broad SMARTS) is 1. The SMILES string of the molecule is O=C(O)c1ccc2cnn(C3CC(F)(F)C3)c2n1. The summed E-state index contributed by atoms with van der Waals surface area (Å²) in [5.41, 5.74) is 0.228. The number of carbonyl (C=O) groups is 1. The first-order valence-electron chi connectivity index (χ1n) is 5.42. The van der Waals surface area contributed by atoms with Gasteiger partial charge in [-0.25, -0.2) is 23.2 Å². The lowest BCUT2D eigenvalue weighted by molar-refractivity contribution is -0.106. The Morgan fingerprint density at radius 1 is 1.44 bits per heavy atom. The minimum absolute atomic E-state index is 0.115. The summed E-state index contributed by atoms with van der Waals surface area (Å²) in [5.74, 6) is -3.79. The first-order chi connectivity index (χ1) is 8.46. The summed E-state index contributed by atoms with van der Waals surface area (Å²) in [5, 5.41) is 13.5. The summed E-state index contributed by atoms with van der Waals surface area (Å²) in [4.78, 5) is 14.8. The van der Waals surface area contributed by atoms with Gasteiger partial charge in [0.05, 0.1) is 12.2 Å². The Labute approximate surface area is 100 Å². The molecule has 0 aromatic carbocycles. The predicted octanol–water partition coefficient (Wildman–Crippen LogP) is 2.10. The predicted molar refractivity (Wildman–Crippen MR) is 57.7 cm³/mol. The molecule has 1 aliphatic rings. The fraction of sp³-hybridized carbons (Fsp3) is 0.364. The van der Waals surface area contributed by atoms with Crippen LogP contribution in [0.4, 0.5) is 8.78 Å². The van der Waals surface area contributed by atoms with Gasteiger partial charge in [-0.3, -0.25) is 0 Å². The van der Waals surface area contributed by atoms with Gasteiger partial charge in [0.15, 0.2) is 11.3 Å². The van der Waals surface area contributed by atoms with Crippen molar-refractivity contribution in [1.29, 1.82) is 0 Å². The van der Waals surface area contributed by atoms with Gasteiger partial charge < -0.3 is 5.11 Å². The number of fused-ring (bicyclic) bond motifs is 1. The third-order valence-electron chi connectivity index (χ3n) is 3.08. The van der Waals surface area contributed by atoms with Gasteiger partial charge in [-0.05, 0) is 12.1 Å². The van der Waals surface area contributed by atoms with Crippen LogP contribution in [0.2, 0.25) is 0 Å². The molecule has 94 valence electrons. The topological polar surface area (TPSA) is 68.0 Å². The average Bonchev–Trinajstić information content (AvgIpc) is 2.67. The van der Waals surface area contributed by atoms with Crippen LogP contribution in [-0.4, -0.2) is 31.8 Å². The van der Waals surface area contributed by atoms with E-state index in [-0.39, 0.29) is 18.5 Å². The van der Waals surface area contributed by atoms with Gasteiger partial charge in [0.2, 0.25) is 0 Å². The maximum atomic E-state index is 12.8. The van der Waals surface area contributed by atoms with Crippen molar-refractivity contribution in [2.75, 3.05) is 0 Å². The second-order valence-corrected chi connectivity index (χ2v) is 4.42. The summed E-state index contributed by atoms with van der Waals surface area (Å²) in [6.45, 7) is 0. The van der Waals surface area contributed by atoms with Crippen molar-refractivity contribution < 1.29 is 18.7 Å². The maximum absolute atomic E-state index is 12.8. The van der Waals surface area contributed by atoms with Crippen molar-refractivity contribution in [3.63, 3.8) is 0 Å². The minimum Gasteiger partial charge on any atom is -0.477 e. The van der Waals surface area contributed by atoms with Gasteiger partial charge in [0.25, 0.3) is 5.92 Å². The number of carboxylic acids is 1. The molecule has 0 saturated heterocycles. The van der Waals surface area contributed by atoms with E-state index in [2.05, 4.69) is 10.1 Å². The van der Waals surface area contributed by atoms with E-state index < -0.39 is 17.9 Å². The zero-order valence-corrected chi connectivity index (χ0v) is 9.18. The highest BCUT2D eigenvalue weighted by Gasteiger charge is 2.47. The van der Waals surface area contributed by atoms with E-state index in [0.717, 1.165) is 0 Å². The molecule has 2 aromatic heterocycles. The molecule has 0 amide bonds. The lowest BCUT2D eigenvalue weighted by atomic mass is 9.88. The molecule has 3 rings (SSSR count). The Morgan fingerprint density at radius 3 is 2.78 bits per heavy atom. The molecule has 7 heteroatoms. The summed E-state index contributed by atoms with van der Waals surface area (Å²) >= 11 is 0. The third-order valence-corrected chi connectivity index (χ3v) is 3.08. The summed E-state index contributed by atoms with van der Waals surface area (Å²) in [6, 6.07) is 2.53. The van der Waals surface area contributed by atoms with Crippen LogP contribution in [0.5, 0.6) is 0 Å². The van der Waals surface area contributed by atoms with Crippen molar-refractivity contribution in [2.45, 2.75) is 24.8 Å². The molecule has 0 bridgehead atoms. The highest BCUT2D eigenvalue weighted by Crippen LogP contribution is 2.45. The van der Waals surface area contributed by atoms with Gasteiger partial charge in [0, 0.05) is 18.2 Å². The van der Waals surface area contributed by atoms with Crippen molar-refractivity contribution in [2.24, 2.45) is 0 Å². The first kappa shape index (κ1) is 11.1. The van der Waals surface area contributed by atoms with Crippen LogP contribution in [0.1, 0.15) is 29.4 Å². The van der Waals surface area contributed by atoms with E-state index in [1.54, 1.807) is 6.07 Å². The Balaban J connectivity index is 2.03. The number of hydrogen-bond acceptors (Lipinski definition) is 3. The summed E-state index contributed by atoms with van der Waals surface area (Å²) in [7, 11) is 0. The molecular weight excluding hydrogens is 244 g/mol.